The van der Waals surface area contributed by atoms with E-state index in [0.717, 1.165) is 15.8 Å². The van der Waals surface area contributed by atoms with Crippen LogP contribution in [-0.2, 0) is 9.53 Å². The van der Waals surface area contributed by atoms with Gasteiger partial charge in [0, 0.05) is 16.5 Å². The van der Waals surface area contributed by atoms with E-state index in [1.165, 1.54) is 31.4 Å². The zero-order chi connectivity index (χ0) is 26.1. The van der Waals surface area contributed by atoms with Gasteiger partial charge in [-0.3, -0.25) is 14.4 Å². The van der Waals surface area contributed by atoms with Crippen molar-refractivity contribution in [3.63, 3.8) is 0 Å². The van der Waals surface area contributed by atoms with Crippen molar-refractivity contribution in [1.82, 2.24) is 0 Å². The van der Waals surface area contributed by atoms with Crippen LogP contribution in [0.5, 0.6) is 5.75 Å². The number of carbonyl (C=O) groups is 4. The Kier molecular flexibility index (Phi) is 6.15. The van der Waals surface area contributed by atoms with Crippen LogP contribution in [0.2, 0.25) is 0 Å². The van der Waals surface area contributed by atoms with E-state index < -0.39 is 30.3 Å². The minimum atomic E-state index is -0.718. The van der Waals surface area contributed by atoms with Gasteiger partial charge < -0.3 is 14.8 Å². The summed E-state index contributed by atoms with van der Waals surface area (Å²) in [6, 6.07) is 21.9. The van der Waals surface area contributed by atoms with Crippen LogP contribution in [0.25, 0.3) is 10.8 Å². The molecule has 0 saturated heterocycles. The summed E-state index contributed by atoms with van der Waals surface area (Å²) in [4.78, 5) is 52.3. The number of anilines is 2. The molecule has 0 aliphatic carbocycles. The van der Waals surface area contributed by atoms with Crippen LogP contribution in [0.4, 0.5) is 11.4 Å². The maximum absolute atomic E-state index is 13.2. The van der Waals surface area contributed by atoms with Gasteiger partial charge in [-0.05, 0) is 66.4 Å². The molecule has 8 heteroatoms. The largest absolute Gasteiger partial charge is 0.495 e. The van der Waals surface area contributed by atoms with Gasteiger partial charge in [-0.1, -0.05) is 30.3 Å². The first-order valence-electron chi connectivity index (χ1n) is 11.5. The normalized spacial score (nSPS) is 12.4. The van der Waals surface area contributed by atoms with E-state index in [9.17, 15) is 19.2 Å². The summed E-state index contributed by atoms with van der Waals surface area (Å²) in [7, 11) is 1.49. The molecular weight excluding hydrogens is 472 g/mol. The molecule has 184 valence electrons. The summed E-state index contributed by atoms with van der Waals surface area (Å²) < 4.78 is 10.4. The Morgan fingerprint density at radius 1 is 0.865 bits per heavy atom. The maximum Gasteiger partial charge on any atom is 0.338 e. The van der Waals surface area contributed by atoms with Crippen molar-refractivity contribution in [2.75, 3.05) is 23.9 Å². The summed E-state index contributed by atoms with van der Waals surface area (Å²) in [5.41, 5.74) is 2.77. The lowest BCUT2D eigenvalue weighted by Crippen LogP contribution is -2.40. The van der Waals surface area contributed by atoms with E-state index in [2.05, 4.69) is 5.32 Å². The molecule has 0 aromatic heterocycles. The Labute approximate surface area is 212 Å². The number of nitrogens with one attached hydrogen (secondary N) is 1. The zero-order valence-electron chi connectivity index (χ0n) is 20.1. The first kappa shape index (κ1) is 23.7. The van der Waals surface area contributed by atoms with E-state index in [1.807, 2.05) is 25.1 Å². The second kappa shape index (κ2) is 9.58. The lowest BCUT2D eigenvalue weighted by molar-refractivity contribution is -0.119. The monoisotopic (exact) mass is 494 g/mol. The van der Waals surface area contributed by atoms with Gasteiger partial charge in [-0.25, -0.2) is 9.69 Å². The first-order valence-corrected chi connectivity index (χ1v) is 11.5. The number of rotatable bonds is 6. The van der Waals surface area contributed by atoms with Crippen LogP contribution in [0.1, 0.15) is 36.6 Å². The highest BCUT2D eigenvalue weighted by Crippen LogP contribution is 2.33. The lowest BCUT2D eigenvalue weighted by atomic mass is 9.94. The highest BCUT2D eigenvalue weighted by atomic mass is 16.5. The molecule has 5 rings (SSSR count). The van der Waals surface area contributed by atoms with Crippen molar-refractivity contribution < 1.29 is 28.7 Å². The molecule has 1 aliphatic rings. The first-order chi connectivity index (χ1) is 17.9. The highest BCUT2D eigenvalue weighted by molar-refractivity contribution is 6.35. The zero-order valence-corrected chi connectivity index (χ0v) is 20.1. The smallest absolute Gasteiger partial charge is 0.338 e. The van der Waals surface area contributed by atoms with Gasteiger partial charge in [0.05, 0.1) is 24.0 Å². The van der Waals surface area contributed by atoms with E-state index in [1.54, 1.807) is 36.4 Å². The molecule has 3 amide bonds. The third kappa shape index (κ3) is 4.40. The number of hydrogen-bond donors (Lipinski definition) is 1. The average Bonchev–Trinajstić information content (AvgIpc) is 2.91. The number of carbonyl (C=O) groups excluding carboxylic acids is 4. The predicted molar refractivity (Wildman–Crippen MR) is 138 cm³/mol. The van der Waals surface area contributed by atoms with Gasteiger partial charge in [0.1, 0.15) is 5.75 Å². The molecule has 37 heavy (non-hydrogen) atoms. The molecule has 8 nitrogen and oxygen atoms in total. The number of ether oxygens (including phenoxy) is 2. The maximum atomic E-state index is 13.2. The van der Waals surface area contributed by atoms with Crippen molar-refractivity contribution in [2.45, 2.75) is 6.92 Å². The fourth-order valence-corrected chi connectivity index (χ4v) is 4.33. The highest BCUT2D eigenvalue weighted by Gasteiger charge is 2.33. The number of imide groups is 1. The summed E-state index contributed by atoms with van der Waals surface area (Å²) in [6.07, 6.45) is 0. The number of esters is 1. The van der Waals surface area contributed by atoms with Crippen molar-refractivity contribution in [1.29, 1.82) is 0 Å². The molecule has 0 fully saturated rings. The van der Waals surface area contributed by atoms with E-state index in [0.29, 0.717) is 33.6 Å². The van der Waals surface area contributed by atoms with E-state index in [4.69, 9.17) is 9.47 Å². The van der Waals surface area contributed by atoms with Crippen molar-refractivity contribution in [3.05, 3.63) is 101 Å². The molecular formula is C29H22N2O6. The van der Waals surface area contributed by atoms with E-state index >= 15 is 0 Å². The second-order valence-corrected chi connectivity index (χ2v) is 8.53. The standard InChI is InChI=1S/C29H22N2O6/c1-17-9-14-24(36-2)23(15-17)30-25(32)16-37-29(35)19-10-12-20(13-11-19)31-27(33)21-7-3-5-18-6-4-8-22(26(18)21)28(31)34/h3-15H,16H2,1-2H3,(H,30,32). The van der Waals surface area contributed by atoms with Gasteiger partial charge in [-0.15, -0.1) is 0 Å². The van der Waals surface area contributed by atoms with Gasteiger partial charge in [-0.2, -0.15) is 0 Å². The Balaban J connectivity index is 1.28. The summed E-state index contributed by atoms with van der Waals surface area (Å²) in [5, 5.41) is 4.12. The SMILES string of the molecule is COc1ccc(C)cc1NC(=O)COC(=O)c1ccc(N2C(=O)c3cccc4cccc(c34)C2=O)cc1. The van der Waals surface area contributed by atoms with E-state index in [-0.39, 0.29) is 5.56 Å². The summed E-state index contributed by atoms with van der Waals surface area (Å²) in [6.45, 7) is 1.38. The number of benzene rings is 4. The van der Waals surface area contributed by atoms with Crippen LogP contribution in [0.15, 0.2) is 78.9 Å². The molecule has 4 aromatic rings. The van der Waals surface area contributed by atoms with Gasteiger partial charge in [0.2, 0.25) is 0 Å². The molecule has 1 aliphatic heterocycles. The van der Waals surface area contributed by atoms with Crippen molar-refractivity contribution in [2.24, 2.45) is 0 Å². The molecule has 1 N–H and O–H groups in total. The van der Waals surface area contributed by atoms with Gasteiger partial charge in [0.25, 0.3) is 17.7 Å². The Bertz CT molecular complexity index is 1520. The number of amides is 3. The fraction of sp³-hybridized carbons (Fsp3) is 0.103. The van der Waals surface area contributed by atoms with Crippen molar-refractivity contribution in [3.8, 4) is 5.75 Å². The molecule has 1 heterocycles. The van der Waals surface area contributed by atoms with Gasteiger partial charge >= 0.3 is 5.97 Å². The fourth-order valence-electron chi connectivity index (χ4n) is 4.33. The van der Waals surface area contributed by atoms with Crippen LogP contribution in [0.3, 0.4) is 0 Å². The lowest BCUT2D eigenvalue weighted by Gasteiger charge is -2.27. The van der Waals surface area contributed by atoms with Crippen LogP contribution in [-0.4, -0.2) is 37.4 Å². The minimum Gasteiger partial charge on any atom is -0.495 e. The second-order valence-electron chi connectivity index (χ2n) is 8.53. The predicted octanol–water partition coefficient (Wildman–Crippen LogP) is 4.75. The minimum absolute atomic E-state index is 0.170. The number of hydrogen-bond acceptors (Lipinski definition) is 6. The third-order valence-electron chi connectivity index (χ3n) is 6.10. The molecule has 0 saturated carbocycles. The molecule has 4 aromatic carbocycles. The summed E-state index contributed by atoms with van der Waals surface area (Å²) in [5.74, 6) is -1.63. The van der Waals surface area contributed by atoms with Crippen LogP contribution >= 0.6 is 0 Å². The average molecular weight is 495 g/mol. The molecule has 0 atom stereocenters. The summed E-state index contributed by atoms with van der Waals surface area (Å²) >= 11 is 0. The number of aryl methyl sites for hydroxylation is 1. The molecule has 0 radical (unpaired) electrons. The molecule has 0 spiro atoms. The topological polar surface area (TPSA) is 102 Å². The number of methoxy groups -OCH3 is 1. The molecule has 0 unspecified atom stereocenters. The Morgan fingerprint density at radius 3 is 2.14 bits per heavy atom. The van der Waals surface area contributed by atoms with Crippen LogP contribution in [0, 0.1) is 6.92 Å². The number of nitrogens with zero attached hydrogens (tertiary/aromatic N) is 1. The van der Waals surface area contributed by atoms with Crippen LogP contribution < -0.4 is 15.0 Å². The van der Waals surface area contributed by atoms with Gasteiger partial charge in [0.15, 0.2) is 6.61 Å². The Hall–Kier alpha value is -4.98. The molecule has 0 bridgehead atoms. The van der Waals surface area contributed by atoms with Crippen molar-refractivity contribution >= 4 is 45.8 Å². The quantitative estimate of drug-likeness (QED) is 0.307. The Morgan fingerprint density at radius 2 is 1.51 bits per heavy atom. The third-order valence-corrected chi connectivity index (χ3v) is 6.10.